The highest BCUT2D eigenvalue weighted by Crippen LogP contribution is 2.23. The molecule has 0 unspecified atom stereocenters. The van der Waals surface area contributed by atoms with Gasteiger partial charge in [0.25, 0.3) is 0 Å². The summed E-state index contributed by atoms with van der Waals surface area (Å²) in [4.78, 5) is 4.51. The Kier molecular flexibility index (Phi) is 7.49. The lowest BCUT2D eigenvalue weighted by atomic mass is 9.98. The van der Waals surface area contributed by atoms with Gasteiger partial charge in [0.15, 0.2) is 0 Å². The lowest BCUT2D eigenvalue weighted by Gasteiger charge is -2.35. The maximum atomic E-state index is 10.2. The maximum absolute atomic E-state index is 10.2. The highest BCUT2D eigenvalue weighted by Gasteiger charge is 2.19. The van der Waals surface area contributed by atoms with Crippen molar-refractivity contribution in [2.45, 2.75) is 32.8 Å². The van der Waals surface area contributed by atoms with E-state index in [1.165, 1.54) is 11.1 Å². The van der Waals surface area contributed by atoms with Crippen molar-refractivity contribution in [3.05, 3.63) is 29.3 Å². The number of ether oxygens (including phenoxy) is 1. The number of β-amino-alcohol motifs (C(OH)–C–C–N with tert-alkyl or cyclic N) is 2. The van der Waals surface area contributed by atoms with E-state index in [2.05, 4.69) is 42.7 Å². The van der Waals surface area contributed by atoms with Gasteiger partial charge in [-0.15, -0.1) is 0 Å². The first-order valence-corrected chi connectivity index (χ1v) is 8.96. The molecule has 1 aliphatic rings. The standard InChI is InChI=1S/C19H32N2O3/c1-15(2)19-5-4-18(12-16(19)3)24-14-17(23)13-21-8-6-20(7-9-21)10-11-22/h4-5,12,15,17,22-23H,6-11,13-14H2,1-3H3/t17-/m0/s1. The van der Waals surface area contributed by atoms with Crippen LogP contribution in [0.4, 0.5) is 0 Å². The highest BCUT2D eigenvalue weighted by molar-refractivity contribution is 5.36. The van der Waals surface area contributed by atoms with Crippen molar-refractivity contribution < 1.29 is 14.9 Å². The van der Waals surface area contributed by atoms with Gasteiger partial charge in [0.05, 0.1) is 6.61 Å². The van der Waals surface area contributed by atoms with Crippen molar-refractivity contribution in [3.63, 3.8) is 0 Å². The second kappa shape index (κ2) is 9.37. The fourth-order valence-electron chi connectivity index (χ4n) is 3.27. The van der Waals surface area contributed by atoms with Crippen LogP contribution in [0.5, 0.6) is 5.75 Å². The summed E-state index contributed by atoms with van der Waals surface area (Å²) in [7, 11) is 0. The van der Waals surface area contributed by atoms with E-state index in [4.69, 9.17) is 9.84 Å². The quantitative estimate of drug-likeness (QED) is 0.753. The lowest BCUT2D eigenvalue weighted by Crippen LogP contribution is -2.49. The van der Waals surface area contributed by atoms with E-state index < -0.39 is 6.10 Å². The van der Waals surface area contributed by atoms with Crippen molar-refractivity contribution in [1.82, 2.24) is 9.80 Å². The van der Waals surface area contributed by atoms with E-state index in [1.807, 2.05) is 6.07 Å². The van der Waals surface area contributed by atoms with Gasteiger partial charge in [0.2, 0.25) is 0 Å². The molecule has 0 bridgehead atoms. The van der Waals surface area contributed by atoms with E-state index in [9.17, 15) is 5.11 Å². The molecule has 1 saturated heterocycles. The van der Waals surface area contributed by atoms with Crippen LogP contribution in [0.25, 0.3) is 0 Å². The molecule has 0 aliphatic carbocycles. The molecule has 1 atom stereocenters. The number of benzene rings is 1. The molecule has 0 saturated carbocycles. The third kappa shape index (κ3) is 5.74. The number of piperazine rings is 1. The number of aryl methyl sites for hydroxylation is 1. The molecule has 0 radical (unpaired) electrons. The Morgan fingerprint density at radius 3 is 2.38 bits per heavy atom. The Balaban J connectivity index is 1.73. The minimum absolute atomic E-state index is 0.214. The zero-order chi connectivity index (χ0) is 17.5. The van der Waals surface area contributed by atoms with Gasteiger partial charge in [-0.1, -0.05) is 19.9 Å². The molecule has 136 valence electrons. The first-order valence-electron chi connectivity index (χ1n) is 8.96. The van der Waals surface area contributed by atoms with Crippen LogP contribution in [0.15, 0.2) is 18.2 Å². The molecule has 2 rings (SSSR count). The van der Waals surface area contributed by atoms with E-state index in [0.29, 0.717) is 19.1 Å². The van der Waals surface area contributed by atoms with Crippen LogP contribution in [-0.2, 0) is 0 Å². The molecule has 1 heterocycles. The monoisotopic (exact) mass is 336 g/mol. The molecular weight excluding hydrogens is 304 g/mol. The third-order valence-electron chi connectivity index (χ3n) is 4.66. The fraction of sp³-hybridized carbons (Fsp3) is 0.684. The molecule has 24 heavy (non-hydrogen) atoms. The summed E-state index contributed by atoms with van der Waals surface area (Å²) in [5, 5.41) is 19.2. The highest BCUT2D eigenvalue weighted by atomic mass is 16.5. The van der Waals surface area contributed by atoms with Gasteiger partial charge in [0, 0.05) is 39.3 Å². The average molecular weight is 336 g/mol. The maximum Gasteiger partial charge on any atom is 0.119 e. The molecule has 1 aromatic rings. The molecule has 1 aromatic carbocycles. The molecular formula is C19H32N2O3. The molecule has 1 fully saturated rings. The van der Waals surface area contributed by atoms with Crippen molar-refractivity contribution in [2.24, 2.45) is 0 Å². The number of nitrogens with zero attached hydrogens (tertiary/aromatic N) is 2. The first-order chi connectivity index (χ1) is 11.5. The zero-order valence-corrected chi connectivity index (χ0v) is 15.2. The summed E-state index contributed by atoms with van der Waals surface area (Å²) < 4.78 is 5.76. The van der Waals surface area contributed by atoms with Crippen LogP contribution in [0.2, 0.25) is 0 Å². The van der Waals surface area contributed by atoms with Gasteiger partial charge in [-0.2, -0.15) is 0 Å². The molecule has 5 nitrogen and oxygen atoms in total. The fourth-order valence-corrected chi connectivity index (χ4v) is 3.27. The predicted octanol–water partition coefficient (Wildman–Crippen LogP) is 1.47. The Morgan fingerprint density at radius 2 is 1.79 bits per heavy atom. The molecule has 0 spiro atoms. The second-order valence-corrected chi connectivity index (χ2v) is 7.00. The number of aliphatic hydroxyl groups is 2. The normalized spacial score (nSPS) is 18.1. The van der Waals surface area contributed by atoms with Crippen LogP contribution in [0.3, 0.4) is 0 Å². The number of hydrogen-bond acceptors (Lipinski definition) is 5. The van der Waals surface area contributed by atoms with Crippen LogP contribution < -0.4 is 4.74 Å². The molecule has 0 aromatic heterocycles. The molecule has 2 N–H and O–H groups in total. The molecule has 1 aliphatic heterocycles. The molecule has 0 amide bonds. The third-order valence-corrected chi connectivity index (χ3v) is 4.66. The topological polar surface area (TPSA) is 56.2 Å². The van der Waals surface area contributed by atoms with Crippen LogP contribution in [-0.4, -0.2) is 78.6 Å². The zero-order valence-electron chi connectivity index (χ0n) is 15.2. The summed E-state index contributed by atoms with van der Waals surface area (Å²) in [6, 6.07) is 6.15. The minimum atomic E-state index is -0.487. The van der Waals surface area contributed by atoms with E-state index >= 15 is 0 Å². The minimum Gasteiger partial charge on any atom is -0.491 e. The smallest absolute Gasteiger partial charge is 0.119 e. The first kappa shape index (κ1) is 19.2. The number of aliphatic hydroxyl groups excluding tert-OH is 2. The van der Waals surface area contributed by atoms with Crippen molar-refractivity contribution >= 4 is 0 Å². The van der Waals surface area contributed by atoms with Gasteiger partial charge in [-0.05, 0) is 36.1 Å². The van der Waals surface area contributed by atoms with E-state index in [1.54, 1.807) is 0 Å². The summed E-state index contributed by atoms with van der Waals surface area (Å²) in [6.45, 7) is 12.1. The van der Waals surface area contributed by atoms with Crippen molar-refractivity contribution in [3.8, 4) is 5.75 Å². The van der Waals surface area contributed by atoms with Crippen LogP contribution in [0.1, 0.15) is 30.9 Å². The number of hydrogen-bond donors (Lipinski definition) is 2. The second-order valence-electron chi connectivity index (χ2n) is 7.00. The largest absolute Gasteiger partial charge is 0.491 e. The van der Waals surface area contributed by atoms with Crippen LogP contribution in [0, 0.1) is 6.92 Å². The van der Waals surface area contributed by atoms with Gasteiger partial charge in [0.1, 0.15) is 18.5 Å². The summed E-state index contributed by atoms with van der Waals surface area (Å²) >= 11 is 0. The summed E-state index contributed by atoms with van der Waals surface area (Å²) in [6.07, 6.45) is -0.487. The SMILES string of the molecule is Cc1cc(OC[C@@H](O)CN2CCN(CCO)CC2)ccc1C(C)C. The van der Waals surface area contributed by atoms with Crippen molar-refractivity contribution in [1.29, 1.82) is 0 Å². The van der Waals surface area contributed by atoms with Crippen molar-refractivity contribution in [2.75, 3.05) is 52.5 Å². The lowest BCUT2D eigenvalue weighted by molar-refractivity contribution is 0.0428. The van der Waals surface area contributed by atoms with Gasteiger partial charge < -0.3 is 14.9 Å². The van der Waals surface area contributed by atoms with E-state index in [0.717, 1.165) is 38.5 Å². The van der Waals surface area contributed by atoms with Gasteiger partial charge >= 0.3 is 0 Å². The Labute approximate surface area is 145 Å². The Bertz CT molecular complexity index is 499. The average Bonchev–Trinajstić information content (AvgIpc) is 2.55. The summed E-state index contributed by atoms with van der Waals surface area (Å²) in [5.41, 5.74) is 2.57. The Hall–Kier alpha value is -1.14. The number of rotatable bonds is 8. The Morgan fingerprint density at radius 1 is 1.12 bits per heavy atom. The van der Waals surface area contributed by atoms with Crippen LogP contribution >= 0.6 is 0 Å². The summed E-state index contributed by atoms with van der Waals surface area (Å²) in [5.74, 6) is 1.33. The molecule has 5 heteroatoms. The predicted molar refractivity (Wildman–Crippen MR) is 96.7 cm³/mol. The van der Waals surface area contributed by atoms with Gasteiger partial charge in [-0.25, -0.2) is 0 Å². The van der Waals surface area contributed by atoms with E-state index in [-0.39, 0.29) is 6.61 Å². The van der Waals surface area contributed by atoms with Gasteiger partial charge in [-0.3, -0.25) is 9.80 Å².